The lowest BCUT2D eigenvalue weighted by molar-refractivity contribution is -0.150. The van der Waals surface area contributed by atoms with Crippen LogP contribution in [0.5, 0.6) is 0 Å². The van der Waals surface area contributed by atoms with E-state index in [9.17, 15) is 24.3 Å². The second-order valence-corrected chi connectivity index (χ2v) is 12.1. The summed E-state index contributed by atoms with van der Waals surface area (Å²) in [5, 5.41) is 16.5. The zero-order valence-electron chi connectivity index (χ0n) is 18.4. The van der Waals surface area contributed by atoms with Crippen molar-refractivity contribution < 1.29 is 19.5 Å². The predicted molar refractivity (Wildman–Crippen MR) is 143 cm³/mol. The van der Waals surface area contributed by atoms with Crippen LogP contribution in [-0.4, -0.2) is 49.9 Å². The van der Waals surface area contributed by atoms with Gasteiger partial charge in [-0.15, -0.1) is 34.4 Å². The number of nitrogens with zero attached hydrogens (tertiary/aromatic N) is 2. The van der Waals surface area contributed by atoms with Crippen LogP contribution < -0.4 is 16.5 Å². The van der Waals surface area contributed by atoms with E-state index < -0.39 is 23.3 Å². The summed E-state index contributed by atoms with van der Waals surface area (Å²) >= 11 is 5.40. The van der Waals surface area contributed by atoms with Crippen molar-refractivity contribution >= 4 is 79.2 Å². The first-order valence-electron chi connectivity index (χ1n) is 10.6. The Bertz CT molecular complexity index is 1510. The predicted octanol–water partition coefficient (Wildman–Crippen LogP) is 2.89. The Labute approximate surface area is 221 Å². The molecular formula is C23H18N4O5S4. The number of β-lactam (4-membered cyclic amide) rings is 1. The SMILES string of the molecule is Nc1nc(CC(=O)NC2C(=O)N3C(C(=O)O)=C(/C=C/Sc4cc(=O)c5ccccc5s4)CS[C@H]23)cs1. The van der Waals surface area contributed by atoms with E-state index in [1.165, 1.54) is 51.1 Å². The Hall–Kier alpha value is -3.13. The van der Waals surface area contributed by atoms with Crippen molar-refractivity contribution in [1.82, 2.24) is 15.2 Å². The minimum atomic E-state index is -1.21. The van der Waals surface area contributed by atoms with Crippen LogP contribution in [0.4, 0.5) is 5.13 Å². The number of hydrogen-bond donors (Lipinski definition) is 3. The Morgan fingerprint density at radius 1 is 1.31 bits per heavy atom. The van der Waals surface area contributed by atoms with Gasteiger partial charge in [-0.25, -0.2) is 9.78 Å². The first kappa shape index (κ1) is 24.6. The van der Waals surface area contributed by atoms with Crippen LogP contribution in [-0.2, 0) is 20.8 Å². The second-order valence-electron chi connectivity index (χ2n) is 7.83. The molecule has 2 aliphatic rings. The Kier molecular flexibility index (Phi) is 6.88. The van der Waals surface area contributed by atoms with Crippen molar-refractivity contribution in [3.05, 3.63) is 74.4 Å². The van der Waals surface area contributed by atoms with Crippen LogP contribution in [0.25, 0.3) is 10.1 Å². The van der Waals surface area contributed by atoms with Crippen LogP contribution in [0.1, 0.15) is 5.69 Å². The summed E-state index contributed by atoms with van der Waals surface area (Å²) in [6.07, 6.45) is 1.65. The maximum Gasteiger partial charge on any atom is 0.352 e. The summed E-state index contributed by atoms with van der Waals surface area (Å²) in [6.45, 7) is 0. The number of carboxylic acid groups (broad SMARTS) is 1. The standard InChI is InChI=1S/C23H18N4O5S4/c24-23-25-12(10-35-23)7-16(29)26-18-20(30)27-19(22(31)32)11(9-34-21(18)27)5-6-33-17-8-14(28)13-3-1-2-4-15(13)36-17/h1-6,8,10,18,21H,7,9H2,(H2,24,25)(H,26,29)(H,31,32)/b6-5+/t18?,21-/m1/s1. The number of fused-ring (bicyclic) bond motifs is 2. The number of carbonyl (C=O) groups excluding carboxylic acids is 2. The Balaban J connectivity index is 1.29. The first-order valence-corrected chi connectivity index (χ1v) is 14.2. The van der Waals surface area contributed by atoms with Gasteiger partial charge in [-0.1, -0.05) is 23.9 Å². The summed E-state index contributed by atoms with van der Waals surface area (Å²) in [7, 11) is 0. The molecule has 0 radical (unpaired) electrons. The molecule has 2 aromatic heterocycles. The van der Waals surface area contributed by atoms with Gasteiger partial charge in [0.25, 0.3) is 5.91 Å². The highest BCUT2D eigenvalue weighted by molar-refractivity contribution is 8.04. The lowest BCUT2D eigenvalue weighted by Gasteiger charge is -2.49. The Morgan fingerprint density at radius 2 is 2.11 bits per heavy atom. The van der Waals surface area contributed by atoms with Crippen molar-refractivity contribution in [3.8, 4) is 0 Å². The summed E-state index contributed by atoms with van der Waals surface area (Å²) in [5.74, 6) is -1.70. The molecule has 4 N–H and O–H groups in total. The number of rotatable bonds is 7. The smallest absolute Gasteiger partial charge is 0.352 e. The van der Waals surface area contributed by atoms with Gasteiger partial charge in [0.15, 0.2) is 10.6 Å². The Morgan fingerprint density at radius 3 is 2.86 bits per heavy atom. The van der Waals surface area contributed by atoms with E-state index in [1.54, 1.807) is 29.0 Å². The second kappa shape index (κ2) is 10.1. The molecule has 1 fully saturated rings. The topological polar surface area (TPSA) is 143 Å². The number of thiazole rings is 1. The minimum Gasteiger partial charge on any atom is -0.477 e. The molecule has 4 heterocycles. The number of anilines is 1. The lowest BCUT2D eigenvalue weighted by atomic mass is 10.0. The van der Waals surface area contributed by atoms with Crippen molar-refractivity contribution in [2.45, 2.75) is 22.0 Å². The highest BCUT2D eigenvalue weighted by Crippen LogP contribution is 2.41. The largest absolute Gasteiger partial charge is 0.477 e. The molecule has 0 aliphatic carbocycles. The molecule has 9 nitrogen and oxygen atoms in total. The number of nitrogens with one attached hydrogen (secondary N) is 1. The van der Waals surface area contributed by atoms with Gasteiger partial charge in [0.2, 0.25) is 5.91 Å². The van der Waals surface area contributed by atoms with Crippen LogP contribution in [0.15, 0.2) is 67.5 Å². The first-order chi connectivity index (χ1) is 17.3. The number of aromatic nitrogens is 1. The van der Waals surface area contributed by atoms with E-state index in [1.807, 2.05) is 18.2 Å². The molecular weight excluding hydrogens is 541 g/mol. The monoisotopic (exact) mass is 558 g/mol. The van der Waals surface area contributed by atoms with Crippen molar-refractivity contribution in [2.24, 2.45) is 0 Å². The fraction of sp³-hybridized carbons (Fsp3) is 0.174. The van der Waals surface area contributed by atoms with Crippen LogP contribution in [0.2, 0.25) is 0 Å². The quantitative estimate of drug-likeness (QED) is 0.295. The maximum atomic E-state index is 12.8. The third kappa shape index (κ3) is 4.78. The molecule has 184 valence electrons. The fourth-order valence-corrected chi connectivity index (χ4v) is 7.75. The molecule has 13 heteroatoms. The normalized spacial score (nSPS) is 19.4. The molecule has 2 amide bonds. The summed E-state index contributed by atoms with van der Waals surface area (Å²) in [5.41, 5.74) is 6.43. The molecule has 5 rings (SSSR count). The maximum absolute atomic E-state index is 12.8. The van der Waals surface area contributed by atoms with Crippen molar-refractivity contribution in [2.75, 3.05) is 11.5 Å². The van der Waals surface area contributed by atoms with Gasteiger partial charge in [-0.05, 0) is 29.2 Å². The molecule has 2 aliphatic heterocycles. The molecule has 3 aromatic rings. The summed E-state index contributed by atoms with van der Waals surface area (Å²) in [4.78, 5) is 54.8. The average Bonchev–Trinajstić information content (AvgIpc) is 3.26. The molecule has 0 spiro atoms. The van der Waals surface area contributed by atoms with Gasteiger partial charge in [0.05, 0.1) is 16.3 Å². The summed E-state index contributed by atoms with van der Waals surface area (Å²) < 4.78 is 1.65. The number of nitrogens with two attached hydrogens (primary N) is 1. The molecule has 0 saturated carbocycles. The number of amides is 2. The van der Waals surface area contributed by atoms with Crippen LogP contribution in [0.3, 0.4) is 0 Å². The number of benzene rings is 1. The molecule has 36 heavy (non-hydrogen) atoms. The average molecular weight is 559 g/mol. The number of carboxylic acids is 1. The van der Waals surface area contributed by atoms with E-state index in [0.29, 0.717) is 27.5 Å². The number of aliphatic carboxylic acids is 1. The van der Waals surface area contributed by atoms with Crippen molar-refractivity contribution in [1.29, 1.82) is 0 Å². The molecule has 2 atom stereocenters. The fourth-order valence-electron chi connectivity index (χ4n) is 3.89. The highest BCUT2D eigenvalue weighted by Gasteiger charge is 2.53. The van der Waals surface area contributed by atoms with Crippen LogP contribution >= 0.6 is 46.2 Å². The molecule has 1 aromatic carbocycles. The van der Waals surface area contributed by atoms with E-state index >= 15 is 0 Å². The van der Waals surface area contributed by atoms with Gasteiger partial charge in [-0.3, -0.25) is 19.3 Å². The molecule has 1 unspecified atom stereocenters. The zero-order valence-corrected chi connectivity index (χ0v) is 21.6. The number of nitrogen functional groups attached to an aromatic ring is 1. The van der Waals surface area contributed by atoms with Gasteiger partial charge >= 0.3 is 5.97 Å². The van der Waals surface area contributed by atoms with E-state index in [-0.39, 0.29) is 23.5 Å². The van der Waals surface area contributed by atoms with Crippen LogP contribution in [0, 0.1) is 0 Å². The van der Waals surface area contributed by atoms with Gasteiger partial charge < -0.3 is 16.2 Å². The van der Waals surface area contributed by atoms with Gasteiger partial charge in [0.1, 0.15) is 17.1 Å². The number of thioether (sulfide) groups is 2. The van der Waals surface area contributed by atoms with Crippen molar-refractivity contribution in [3.63, 3.8) is 0 Å². The van der Waals surface area contributed by atoms with Gasteiger partial charge in [-0.2, -0.15) is 0 Å². The molecule has 0 bridgehead atoms. The number of hydrogen-bond acceptors (Lipinski definition) is 10. The number of carbonyl (C=O) groups is 3. The van der Waals surface area contributed by atoms with Gasteiger partial charge in [0, 0.05) is 27.3 Å². The molecule has 1 saturated heterocycles. The zero-order chi connectivity index (χ0) is 25.4. The third-order valence-electron chi connectivity index (χ3n) is 5.49. The minimum absolute atomic E-state index is 0.0114. The highest BCUT2D eigenvalue weighted by atomic mass is 32.2. The van der Waals surface area contributed by atoms with E-state index in [0.717, 1.165) is 8.91 Å². The summed E-state index contributed by atoms with van der Waals surface area (Å²) in [6, 6.07) is 8.12. The third-order valence-corrected chi connectivity index (χ3v) is 9.57. The number of allylic oxidation sites excluding steroid dienone is 1. The van der Waals surface area contributed by atoms with E-state index in [4.69, 9.17) is 5.73 Å². The van der Waals surface area contributed by atoms with E-state index in [2.05, 4.69) is 10.3 Å². The lowest BCUT2D eigenvalue weighted by Crippen LogP contribution is -2.70.